The topological polar surface area (TPSA) is 63.2 Å². The molecule has 0 atom stereocenters. The van der Waals surface area contributed by atoms with Crippen LogP contribution in [-0.4, -0.2) is 30.6 Å². The molecule has 0 aliphatic carbocycles. The molecular formula is C15H21N3O2. The minimum atomic E-state index is -0.245. The van der Waals surface area contributed by atoms with Crippen molar-refractivity contribution in [2.45, 2.75) is 20.4 Å². The van der Waals surface area contributed by atoms with Crippen LogP contribution in [0.2, 0.25) is 0 Å². The van der Waals surface area contributed by atoms with Gasteiger partial charge in [0.25, 0.3) is 5.91 Å². The lowest BCUT2D eigenvalue weighted by atomic mass is 10.2. The zero-order chi connectivity index (χ0) is 14.8. The number of hydrogen-bond acceptors (Lipinski definition) is 4. The van der Waals surface area contributed by atoms with Crippen LogP contribution < -0.4 is 15.4 Å². The number of hydrogen-bond donors (Lipinski definition) is 2. The third-order valence-corrected chi connectivity index (χ3v) is 2.41. The fourth-order valence-electron chi connectivity index (χ4n) is 1.44. The Balaban J connectivity index is 2.31. The summed E-state index contributed by atoms with van der Waals surface area (Å²) >= 11 is 0. The molecule has 1 aromatic rings. The van der Waals surface area contributed by atoms with E-state index >= 15 is 0 Å². The molecule has 20 heavy (non-hydrogen) atoms. The molecule has 0 aromatic carbocycles. The summed E-state index contributed by atoms with van der Waals surface area (Å²) in [5.41, 5.74) is 0.940. The Morgan fingerprint density at radius 2 is 2.30 bits per heavy atom. The van der Waals surface area contributed by atoms with Crippen molar-refractivity contribution in [2.75, 3.05) is 19.7 Å². The van der Waals surface area contributed by atoms with E-state index in [9.17, 15) is 4.79 Å². The molecule has 1 amide bonds. The Labute approximate surface area is 120 Å². The highest BCUT2D eigenvalue weighted by atomic mass is 16.5. The first-order valence-corrected chi connectivity index (χ1v) is 6.60. The van der Waals surface area contributed by atoms with Crippen LogP contribution in [-0.2, 0) is 11.3 Å². The van der Waals surface area contributed by atoms with E-state index in [1.807, 2.05) is 6.07 Å². The average Bonchev–Trinajstić information content (AvgIpc) is 2.44. The van der Waals surface area contributed by atoms with Gasteiger partial charge in [0, 0.05) is 6.54 Å². The quantitative estimate of drug-likeness (QED) is 0.694. The zero-order valence-electron chi connectivity index (χ0n) is 12.0. The van der Waals surface area contributed by atoms with Crippen LogP contribution in [0.4, 0.5) is 0 Å². The van der Waals surface area contributed by atoms with Gasteiger partial charge >= 0.3 is 0 Å². The van der Waals surface area contributed by atoms with Crippen molar-refractivity contribution in [2.24, 2.45) is 5.92 Å². The predicted octanol–water partition coefficient (Wildman–Crippen LogP) is 0.955. The highest BCUT2D eigenvalue weighted by Gasteiger charge is 2.02. The SMILES string of the molecule is C#CCNC(=O)COc1ccc(CNCC(C)C)nc1. The smallest absolute Gasteiger partial charge is 0.258 e. The molecule has 0 aliphatic rings. The Hall–Kier alpha value is -2.06. The molecule has 0 saturated heterocycles. The van der Waals surface area contributed by atoms with Gasteiger partial charge < -0.3 is 15.4 Å². The van der Waals surface area contributed by atoms with Gasteiger partial charge in [0.2, 0.25) is 0 Å². The Morgan fingerprint density at radius 1 is 1.50 bits per heavy atom. The van der Waals surface area contributed by atoms with Gasteiger partial charge in [-0.3, -0.25) is 9.78 Å². The normalized spacial score (nSPS) is 10.1. The second-order valence-electron chi connectivity index (χ2n) is 4.78. The van der Waals surface area contributed by atoms with E-state index < -0.39 is 0 Å². The van der Waals surface area contributed by atoms with Crippen LogP contribution in [0.5, 0.6) is 5.75 Å². The van der Waals surface area contributed by atoms with Gasteiger partial charge in [-0.15, -0.1) is 6.42 Å². The molecule has 0 radical (unpaired) electrons. The maximum absolute atomic E-state index is 11.3. The number of carbonyl (C=O) groups excluding carboxylic acids is 1. The molecule has 1 heterocycles. The largest absolute Gasteiger partial charge is 0.482 e. The number of terminal acetylenes is 1. The summed E-state index contributed by atoms with van der Waals surface area (Å²) in [4.78, 5) is 15.5. The lowest BCUT2D eigenvalue weighted by Gasteiger charge is -2.08. The van der Waals surface area contributed by atoms with E-state index in [4.69, 9.17) is 11.2 Å². The van der Waals surface area contributed by atoms with Crippen LogP contribution in [0, 0.1) is 18.3 Å². The summed E-state index contributed by atoms with van der Waals surface area (Å²) in [5.74, 6) is 3.25. The first-order chi connectivity index (χ1) is 9.61. The van der Waals surface area contributed by atoms with E-state index in [0.29, 0.717) is 11.7 Å². The number of nitrogens with zero attached hydrogens (tertiary/aromatic N) is 1. The molecule has 1 rings (SSSR count). The second-order valence-corrected chi connectivity index (χ2v) is 4.78. The van der Waals surface area contributed by atoms with Gasteiger partial charge in [-0.1, -0.05) is 19.8 Å². The van der Waals surface area contributed by atoms with Gasteiger partial charge in [0.05, 0.1) is 18.4 Å². The van der Waals surface area contributed by atoms with Gasteiger partial charge in [-0.25, -0.2) is 0 Å². The minimum absolute atomic E-state index is 0.0612. The van der Waals surface area contributed by atoms with Gasteiger partial charge in [0.1, 0.15) is 5.75 Å². The number of ether oxygens (including phenoxy) is 1. The number of amides is 1. The van der Waals surface area contributed by atoms with Crippen molar-refractivity contribution < 1.29 is 9.53 Å². The van der Waals surface area contributed by atoms with E-state index in [-0.39, 0.29) is 19.1 Å². The highest BCUT2D eigenvalue weighted by molar-refractivity contribution is 5.77. The number of carbonyl (C=O) groups is 1. The number of nitrogens with one attached hydrogen (secondary N) is 2. The monoisotopic (exact) mass is 275 g/mol. The zero-order valence-corrected chi connectivity index (χ0v) is 12.0. The summed E-state index contributed by atoms with van der Waals surface area (Å²) in [6, 6.07) is 3.68. The molecular weight excluding hydrogens is 254 g/mol. The molecule has 1 aromatic heterocycles. The average molecular weight is 275 g/mol. The van der Waals surface area contributed by atoms with Gasteiger partial charge in [-0.05, 0) is 24.6 Å². The van der Waals surface area contributed by atoms with Crippen molar-refractivity contribution in [3.05, 3.63) is 24.0 Å². The van der Waals surface area contributed by atoms with Crippen LogP contribution in [0.1, 0.15) is 19.5 Å². The van der Waals surface area contributed by atoms with E-state index in [1.165, 1.54) is 0 Å². The summed E-state index contributed by atoms with van der Waals surface area (Å²) in [6.07, 6.45) is 6.65. The molecule has 0 saturated carbocycles. The van der Waals surface area contributed by atoms with Crippen LogP contribution in [0.25, 0.3) is 0 Å². The molecule has 0 unspecified atom stereocenters. The van der Waals surface area contributed by atoms with Crippen molar-refractivity contribution in [3.8, 4) is 18.1 Å². The summed E-state index contributed by atoms with van der Waals surface area (Å²) in [5, 5.41) is 5.83. The predicted molar refractivity (Wildman–Crippen MR) is 78.1 cm³/mol. The maximum Gasteiger partial charge on any atom is 0.258 e. The van der Waals surface area contributed by atoms with Crippen LogP contribution >= 0.6 is 0 Å². The van der Waals surface area contributed by atoms with E-state index in [2.05, 4.69) is 35.4 Å². The maximum atomic E-state index is 11.3. The van der Waals surface area contributed by atoms with Crippen molar-refractivity contribution >= 4 is 5.91 Å². The Morgan fingerprint density at radius 3 is 2.90 bits per heavy atom. The number of pyridine rings is 1. The third kappa shape index (κ3) is 6.76. The molecule has 5 heteroatoms. The molecule has 0 bridgehead atoms. The van der Waals surface area contributed by atoms with Crippen LogP contribution in [0.15, 0.2) is 18.3 Å². The molecule has 0 fully saturated rings. The van der Waals surface area contributed by atoms with Gasteiger partial charge in [-0.2, -0.15) is 0 Å². The van der Waals surface area contributed by atoms with Crippen molar-refractivity contribution in [1.29, 1.82) is 0 Å². The Kier molecular flexibility index (Phi) is 7.15. The van der Waals surface area contributed by atoms with Crippen LogP contribution in [0.3, 0.4) is 0 Å². The van der Waals surface area contributed by atoms with Gasteiger partial charge in [0.15, 0.2) is 6.61 Å². The van der Waals surface area contributed by atoms with E-state index in [1.54, 1.807) is 12.3 Å². The molecule has 108 valence electrons. The number of aromatic nitrogens is 1. The highest BCUT2D eigenvalue weighted by Crippen LogP contribution is 2.08. The summed E-state index contributed by atoms with van der Waals surface area (Å²) < 4.78 is 5.30. The fraction of sp³-hybridized carbons (Fsp3) is 0.467. The summed E-state index contributed by atoms with van der Waals surface area (Å²) in [7, 11) is 0. The number of rotatable bonds is 8. The first kappa shape index (κ1) is 16.0. The standard InChI is InChI=1S/C15H21N3O2/c1-4-7-17-15(19)11-20-14-6-5-13(18-10-14)9-16-8-12(2)3/h1,5-6,10,12,16H,7-9,11H2,2-3H3,(H,17,19). The van der Waals surface area contributed by atoms with Crippen molar-refractivity contribution in [3.63, 3.8) is 0 Å². The lowest BCUT2D eigenvalue weighted by Crippen LogP contribution is -2.29. The Bertz CT molecular complexity index is 449. The lowest BCUT2D eigenvalue weighted by molar-refractivity contribution is -0.122. The second kappa shape index (κ2) is 8.94. The molecule has 0 aliphatic heterocycles. The molecule has 5 nitrogen and oxygen atoms in total. The fourth-order valence-corrected chi connectivity index (χ4v) is 1.44. The minimum Gasteiger partial charge on any atom is -0.482 e. The molecule has 2 N–H and O–H groups in total. The first-order valence-electron chi connectivity index (χ1n) is 6.60. The third-order valence-electron chi connectivity index (χ3n) is 2.41. The van der Waals surface area contributed by atoms with Crippen molar-refractivity contribution in [1.82, 2.24) is 15.6 Å². The molecule has 0 spiro atoms. The summed E-state index contributed by atoms with van der Waals surface area (Å²) in [6.45, 7) is 6.14. The van der Waals surface area contributed by atoms with E-state index in [0.717, 1.165) is 18.8 Å².